The summed E-state index contributed by atoms with van der Waals surface area (Å²) in [5, 5.41) is 8.09. The Morgan fingerprint density at radius 2 is 1.88 bits per heavy atom. The lowest BCUT2D eigenvalue weighted by Gasteiger charge is -2.36. The molecule has 0 unspecified atom stereocenters. The summed E-state index contributed by atoms with van der Waals surface area (Å²) in [6.07, 6.45) is 4.01. The number of aromatic nitrogens is 3. The topological polar surface area (TPSA) is 85.5 Å². The lowest BCUT2D eigenvalue weighted by Crippen LogP contribution is -2.48. The molecule has 0 spiro atoms. The second-order valence-electron chi connectivity index (χ2n) is 9.03. The van der Waals surface area contributed by atoms with Crippen LogP contribution in [-0.2, 0) is 4.74 Å². The number of nitrogens with one attached hydrogen (secondary N) is 1. The molecule has 4 heterocycles. The van der Waals surface area contributed by atoms with E-state index in [0.717, 1.165) is 38.9 Å². The van der Waals surface area contributed by atoms with Crippen LogP contribution in [0.25, 0.3) is 22.4 Å². The molecule has 2 aliphatic rings. The SMILES string of the molecule is COc1cc2c(C)c(-c3nc(C)no3)c(N3CCC(N[C@H]4CCCOC4)CC3)nc2c(F)c1F. The first-order valence-corrected chi connectivity index (χ1v) is 11.7. The zero-order valence-electron chi connectivity index (χ0n) is 19.7. The Morgan fingerprint density at radius 1 is 1.09 bits per heavy atom. The average molecular weight is 474 g/mol. The quantitative estimate of drug-likeness (QED) is 0.597. The molecule has 1 atom stereocenters. The van der Waals surface area contributed by atoms with Crippen molar-refractivity contribution in [1.82, 2.24) is 20.4 Å². The van der Waals surface area contributed by atoms with Crippen LogP contribution in [0.15, 0.2) is 10.6 Å². The smallest absolute Gasteiger partial charge is 0.261 e. The van der Waals surface area contributed by atoms with Gasteiger partial charge in [-0.05, 0) is 51.2 Å². The van der Waals surface area contributed by atoms with Gasteiger partial charge in [0.05, 0.1) is 19.3 Å². The summed E-state index contributed by atoms with van der Waals surface area (Å²) >= 11 is 0. The zero-order chi connectivity index (χ0) is 23.8. The first kappa shape index (κ1) is 22.9. The highest BCUT2D eigenvalue weighted by Crippen LogP contribution is 2.39. The fraction of sp³-hybridized carbons (Fsp3) is 0.542. The Labute approximate surface area is 196 Å². The average Bonchev–Trinajstić information content (AvgIpc) is 3.28. The van der Waals surface area contributed by atoms with Gasteiger partial charge in [0.1, 0.15) is 11.3 Å². The fourth-order valence-corrected chi connectivity index (χ4v) is 4.95. The molecule has 0 bridgehead atoms. The molecule has 34 heavy (non-hydrogen) atoms. The minimum Gasteiger partial charge on any atom is -0.494 e. The van der Waals surface area contributed by atoms with Gasteiger partial charge in [-0.1, -0.05) is 5.16 Å². The van der Waals surface area contributed by atoms with E-state index in [2.05, 4.69) is 25.3 Å². The van der Waals surface area contributed by atoms with Gasteiger partial charge in [-0.15, -0.1) is 0 Å². The molecule has 1 N–H and O–H groups in total. The number of hydrogen-bond donors (Lipinski definition) is 1. The number of nitrogens with zero attached hydrogens (tertiary/aromatic N) is 4. The standard InChI is InChI=1S/C24H29F2N5O3/c1-13-17-11-18(32-3)20(25)21(26)22(17)29-23(19(13)24-27-14(2)30-34-24)31-8-6-15(7-9-31)28-16-5-4-10-33-12-16/h11,15-16,28H,4-10,12H2,1-3H3/t16-/m0/s1. The first-order valence-electron chi connectivity index (χ1n) is 11.7. The van der Waals surface area contributed by atoms with Crippen molar-refractivity contribution in [3.05, 3.63) is 29.1 Å². The number of methoxy groups -OCH3 is 1. The van der Waals surface area contributed by atoms with Crippen LogP contribution in [0.4, 0.5) is 14.6 Å². The van der Waals surface area contributed by atoms with E-state index in [1.54, 1.807) is 6.92 Å². The summed E-state index contributed by atoms with van der Waals surface area (Å²) in [5.74, 6) is -0.929. The number of ether oxygens (including phenoxy) is 2. The highest BCUT2D eigenvalue weighted by atomic mass is 19.2. The van der Waals surface area contributed by atoms with E-state index in [-0.39, 0.29) is 11.3 Å². The lowest BCUT2D eigenvalue weighted by atomic mass is 9.99. The van der Waals surface area contributed by atoms with Crippen LogP contribution in [0.3, 0.4) is 0 Å². The highest BCUT2D eigenvalue weighted by molar-refractivity contribution is 5.93. The molecule has 0 radical (unpaired) electrons. The lowest BCUT2D eigenvalue weighted by molar-refractivity contribution is 0.0650. The van der Waals surface area contributed by atoms with Crippen LogP contribution in [0.5, 0.6) is 5.75 Å². The van der Waals surface area contributed by atoms with Gasteiger partial charge in [0.25, 0.3) is 5.89 Å². The summed E-state index contributed by atoms with van der Waals surface area (Å²) in [7, 11) is 1.31. The second-order valence-corrected chi connectivity index (χ2v) is 9.03. The summed E-state index contributed by atoms with van der Waals surface area (Å²) in [6, 6.07) is 2.22. The molecule has 5 rings (SSSR count). The zero-order valence-corrected chi connectivity index (χ0v) is 19.7. The van der Waals surface area contributed by atoms with Crippen molar-refractivity contribution in [3.8, 4) is 17.2 Å². The van der Waals surface area contributed by atoms with Crippen LogP contribution >= 0.6 is 0 Å². The number of halogens is 2. The molecule has 2 aliphatic heterocycles. The van der Waals surface area contributed by atoms with Gasteiger partial charge in [-0.25, -0.2) is 9.37 Å². The summed E-state index contributed by atoms with van der Waals surface area (Å²) in [4.78, 5) is 11.1. The maximum absolute atomic E-state index is 15.0. The third-order valence-electron chi connectivity index (χ3n) is 6.76. The summed E-state index contributed by atoms with van der Waals surface area (Å²) in [6.45, 7) is 6.58. The minimum atomic E-state index is -1.05. The van der Waals surface area contributed by atoms with Gasteiger partial charge < -0.3 is 24.2 Å². The van der Waals surface area contributed by atoms with Crippen molar-refractivity contribution in [1.29, 1.82) is 0 Å². The van der Waals surface area contributed by atoms with E-state index in [4.69, 9.17) is 14.0 Å². The Bertz CT molecular complexity index is 1190. The number of rotatable bonds is 5. The molecule has 182 valence electrons. The Balaban J connectivity index is 1.51. The first-order chi connectivity index (χ1) is 16.5. The fourth-order valence-electron chi connectivity index (χ4n) is 4.95. The maximum atomic E-state index is 15.0. The van der Waals surface area contributed by atoms with Gasteiger partial charge in [0.2, 0.25) is 5.82 Å². The van der Waals surface area contributed by atoms with E-state index in [0.29, 0.717) is 59.2 Å². The van der Waals surface area contributed by atoms with E-state index in [1.807, 2.05) is 6.92 Å². The molecule has 2 aromatic heterocycles. The van der Waals surface area contributed by atoms with Gasteiger partial charge in [0, 0.05) is 37.2 Å². The molecular formula is C24H29F2N5O3. The monoisotopic (exact) mass is 473 g/mol. The van der Waals surface area contributed by atoms with E-state index >= 15 is 4.39 Å². The molecule has 8 nitrogen and oxygen atoms in total. The van der Waals surface area contributed by atoms with Crippen molar-refractivity contribution >= 4 is 16.7 Å². The molecule has 10 heteroatoms. The van der Waals surface area contributed by atoms with Crippen molar-refractivity contribution in [3.63, 3.8) is 0 Å². The number of fused-ring (bicyclic) bond motifs is 1. The van der Waals surface area contributed by atoms with Crippen LogP contribution in [0.1, 0.15) is 37.1 Å². The molecule has 0 aliphatic carbocycles. The van der Waals surface area contributed by atoms with E-state index < -0.39 is 11.6 Å². The number of hydrogen-bond acceptors (Lipinski definition) is 8. The minimum absolute atomic E-state index is 0.0367. The van der Waals surface area contributed by atoms with Crippen molar-refractivity contribution in [2.45, 2.75) is 51.6 Å². The van der Waals surface area contributed by atoms with Gasteiger partial charge in [-0.2, -0.15) is 9.37 Å². The number of pyridine rings is 1. The predicted octanol–water partition coefficient (Wildman–Crippen LogP) is 3.93. The highest BCUT2D eigenvalue weighted by Gasteiger charge is 2.29. The van der Waals surface area contributed by atoms with Gasteiger partial charge in [-0.3, -0.25) is 0 Å². The number of benzene rings is 1. The number of piperidine rings is 1. The second kappa shape index (κ2) is 9.42. The Hall–Kier alpha value is -2.85. The third kappa shape index (κ3) is 4.20. The largest absolute Gasteiger partial charge is 0.494 e. The molecule has 3 aromatic rings. The van der Waals surface area contributed by atoms with Crippen molar-refractivity contribution in [2.24, 2.45) is 0 Å². The van der Waals surface area contributed by atoms with Crippen LogP contribution in [0.2, 0.25) is 0 Å². The molecule has 2 fully saturated rings. The van der Waals surface area contributed by atoms with E-state index in [9.17, 15) is 4.39 Å². The van der Waals surface area contributed by atoms with E-state index in [1.165, 1.54) is 13.2 Å². The maximum Gasteiger partial charge on any atom is 0.261 e. The molecular weight excluding hydrogens is 444 g/mol. The number of aryl methyl sites for hydroxylation is 2. The molecule has 1 aromatic carbocycles. The normalized spacial score (nSPS) is 19.7. The summed E-state index contributed by atoms with van der Waals surface area (Å²) in [5.41, 5.74) is 1.28. The van der Waals surface area contributed by atoms with Gasteiger partial charge >= 0.3 is 0 Å². The Morgan fingerprint density at radius 3 is 2.53 bits per heavy atom. The predicted molar refractivity (Wildman–Crippen MR) is 123 cm³/mol. The van der Waals surface area contributed by atoms with Crippen molar-refractivity contribution < 1.29 is 22.8 Å². The van der Waals surface area contributed by atoms with Gasteiger partial charge in [0.15, 0.2) is 17.4 Å². The molecule has 2 saturated heterocycles. The Kier molecular flexibility index (Phi) is 6.35. The third-order valence-corrected chi connectivity index (χ3v) is 6.76. The number of anilines is 1. The van der Waals surface area contributed by atoms with Crippen LogP contribution < -0.4 is 15.0 Å². The van der Waals surface area contributed by atoms with Crippen LogP contribution in [0, 0.1) is 25.5 Å². The molecule has 0 amide bonds. The molecule has 0 saturated carbocycles. The summed E-state index contributed by atoms with van der Waals surface area (Å²) < 4.78 is 45.7. The van der Waals surface area contributed by atoms with Crippen LogP contribution in [-0.4, -0.2) is 60.6 Å². The van der Waals surface area contributed by atoms with Crippen molar-refractivity contribution in [2.75, 3.05) is 38.3 Å².